The number of hydrogen-bond acceptors (Lipinski definition) is 9. The summed E-state index contributed by atoms with van der Waals surface area (Å²) in [6, 6.07) is 4.69. The van der Waals surface area contributed by atoms with Crippen LogP contribution < -0.4 is 20.5 Å². The molecule has 2 aromatic carbocycles. The van der Waals surface area contributed by atoms with Crippen LogP contribution in [0.3, 0.4) is 0 Å². The predicted molar refractivity (Wildman–Crippen MR) is 147 cm³/mol. The maximum Gasteiger partial charge on any atom is 0.319 e. The molecule has 12 heteroatoms. The van der Waals surface area contributed by atoms with E-state index in [0.29, 0.717) is 24.4 Å². The van der Waals surface area contributed by atoms with Gasteiger partial charge in [-0.1, -0.05) is 17.7 Å². The van der Waals surface area contributed by atoms with Crippen LogP contribution in [0.15, 0.2) is 12.1 Å². The summed E-state index contributed by atoms with van der Waals surface area (Å²) in [7, 11) is 0. The molecule has 3 N–H and O–H groups in total. The second-order valence-corrected chi connectivity index (χ2v) is 11.6. The van der Waals surface area contributed by atoms with E-state index in [-0.39, 0.29) is 66.2 Å². The molecule has 3 aliphatic heterocycles. The number of hydrogen-bond donors (Lipinski definition) is 2. The number of fused-ring (bicyclic) bond motifs is 2. The minimum atomic E-state index is -0.748. The Labute approximate surface area is 231 Å². The maximum atomic E-state index is 16.5. The highest BCUT2D eigenvalue weighted by atomic mass is 35.5. The van der Waals surface area contributed by atoms with E-state index in [0.717, 1.165) is 50.1 Å². The number of nitrogens with one attached hydrogen (secondary N) is 1. The monoisotopic (exact) mass is 568 g/mol. The molecule has 2 fully saturated rings. The zero-order valence-electron chi connectivity index (χ0n) is 20.7. The van der Waals surface area contributed by atoms with Crippen LogP contribution >= 0.6 is 22.9 Å². The van der Waals surface area contributed by atoms with Gasteiger partial charge in [0.2, 0.25) is 0 Å². The Morgan fingerprint density at radius 3 is 2.79 bits per heavy atom. The molecule has 0 amide bonds. The Hall–Kier alpha value is -3.46. The standard InChI is InChI=1S/C27H23ClF2N6O2S/c28-19-17(13-3-4-15(29)23-16(13)14(11-31)24(32)39-23)20(30)21-18-22(19)37-10-7-33-25(18)35-26(34-21)38-12-27-5-1-8-36(27)9-2-6-27/h3-4H,1-2,5-10,12,32H2,(H,33,34,35). The molecule has 0 aliphatic carbocycles. The fourth-order valence-corrected chi connectivity index (χ4v) is 7.59. The molecule has 0 saturated carbocycles. The summed E-state index contributed by atoms with van der Waals surface area (Å²) in [5.74, 6) is -0.730. The van der Waals surface area contributed by atoms with E-state index < -0.39 is 11.6 Å². The highest BCUT2D eigenvalue weighted by Crippen LogP contribution is 2.50. The van der Waals surface area contributed by atoms with Crippen molar-refractivity contribution >= 4 is 54.7 Å². The smallest absolute Gasteiger partial charge is 0.319 e. The topological polar surface area (TPSA) is 109 Å². The van der Waals surface area contributed by atoms with Crippen LogP contribution in [0.2, 0.25) is 5.02 Å². The molecule has 8 nitrogen and oxygen atoms in total. The quantitative estimate of drug-likeness (QED) is 0.322. The van der Waals surface area contributed by atoms with Crippen molar-refractivity contribution in [2.75, 3.05) is 43.9 Å². The minimum absolute atomic E-state index is 0.0183. The van der Waals surface area contributed by atoms with Crippen LogP contribution in [-0.4, -0.2) is 53.3 Å². The van der Waals surface area contributed by atoms with E-state index in [1.165, 1.54) is 12.1 Å². The van der Waals surface area contributed by atoms with Crippen LogP contribution in [0.5, 0.6) is 11.8 Å². The van der Waals surface area contributed by atoms with Crippen molar-refractivity contribution in [1.29, 1.82) is 5.26 Å². The van der Waals surface area contributed by atoms with Gasteiger partial charge in [0.05, 0.1) is 32.8 Å². The molecule has 39 heavy (non-hydrogen) atoms. The number of aromatic nitrogens is 2. The number of benzene rings is 2. The highest BCUT2D eigenvalue weighted by Gasteiger charge is 2.45. The average Bonchev–Trinajstić information content (AvgIpc) is 3.55. The van der Waals surface area contributed by atoms with Crippen molar-refractivity contribution in [2.24, 2.45) is 0 Å². The van der Waals surface area contributed by atoms with Gasteiger partial charge in [-0.2, -0.15) is 15.2 Å². The van der Waals surface area contributed by atoms with Gasteiger partial charge in [-0.3, -0.25) is 4.90 Å². The lowest BCUT2D eigenvalue weighted by atomic mass is 9.95. The normalized spacial score (nSPS) is 18.0. The molecule has 0 radical (unpaired) electrons. The largest absolute Gasteiger partial charge is 0.489 e. The van der Waals surface area contributed by atoms with E-state index >= 15 is 4.39 Å². The summed E-state index contributed by atoms with van der Waals surface area (Å²) in [5, 5.41) is 13.6. The molecule has 4 aromatic rings. The second-order valence-electron chi connectivity index (χ2n) is 10.1. The van der Waals surface area contributed by atoms with Crippen molar-refractivity contribution in [3.63, 3.8) is 0 Å². The summed E-state index contributed by atoms with van der Waals surface area (Å²) in [5.41, 5.74) is 6.19. The van der Waals surface area contributed by atoms with Crippen molar-refractivity contribution in [1.82, 2.24) is 14.9 Å². The molecule has 0 atom stereocenters. The SMILES string of the molecule is N#Cc1c(N)sc2c(F)ccc(-c3c(Cl)c4c5c(nc(OCC67CCCN6CCC7)nc5c3F)NCCO4)c12. The van der Waals surface area contributed by atoms with Crippen LogP contribution in [-0.2, 0) is 0 Å². The third-order valence-corrected chi connectivity index (χ3v) is 9.47. The van der Waals surface area contributed by atoms with Gasteiger partial charge >= 0.3 is 6.01 Å². The Morgan fingerprint density at radius 2 is 2.03 bits per heavy atom. The molecule has 5 heterocycles. The van der Waals surface area contributed by atoms with Gasteiger partial charge in [-0.25, -0.2) is 8.78 Å². The van der Waals surface area contributed by atoms with E-state index in [2.05, 4.69) is 20.2 Å². The van der Waals surface area contributed by atoms with Crippen molar-refractivity contribution in [3.05, 3.63) is 34.4 Å². The summed E-state index contributed by atoms with van der Waals surface area (Å²) in [4.78, 5) is 11.5. The molecule has 3 aliphatic rings. The zero-order valence-corrected chi connectivity index (χ0v) is 22.3. The lowest BCUT2D eigenvalue weighted by Gasteiger charge is -2.31. The number of thiophene rings is 1. The Balaban J connectivity index is 1.43. The zero-order chi connectivity index (χ0) is 26.9. The lowest BCUT2D eigenvalue weighted by molar-refractivity contribution is 0.108. The molecule has 200 valence electrons. The van der Waals surface area contributed by atoms with Gasteiger partial charge in [0.15, 0.2) is 11.6 Å². The number of nitrogen functional groups attached to an aromatic ring is 1. The van der Waals surface area contributed by atoms with Gasteiger partial charge in [0.25, 0.3) is 0 Å². The van der Waals surface area contributed by atoms with Crippen molar-refractivity contribution in [2.45, 2.75) is 31.2 Å². The summed E-state index contributed by atoms with van der Waals surface area (Å²) < 4.78 is 43.5. The summed E-state index contributed by atoms with van der Waals surface area (Å²) >= 11 is 7.74. The van der Waals surface area contributed by atoms with Gasteiger partial charge in [-0.05, 0) is 50.4 Å². The Kier molecular flexibility index (Phi) is 5.70. The van der Waals surface area contributed by atoms with Crippen LogP contribution in [0, 0.1) is 23.0 Å². The first-order chi connectivity index (χ1) is 18.9. The first-order valence-corrected chi connectivity index (χ1v) is 14.0. The second kappa shape index (κ2) is 9.05. The van der Waals surface area contributed by atoms with Crippen molar-refractivity contribution in [3.8, 4) is 29.0 Å². The van der Waals surface area contributed by atoms with Gasteiger partial charge in [-0.15, -0.1) is 11.3 Å². The van der Waals surface area contributed by atoms with Crippen LogP contribution in [0.25, 0.3) is 32.1 Å². The maximum absolute atomic E-state index is 16.5. The fourth-order valence-electron chi connectivity index (χ4n) is 6.31. The molecule has 0 bridgehead atoms. The third-order valence-electron chi connectivity index (χ3n) is 8.08. The lowest BCUT2D eigenvalue weighted by Crippen LogP contribution is -2.43. The molecular weight excluding hydrogens is 546 g/mol. The summed E-state index contributed by atoms with van der Waals surface area (Å²) in [6.45, 7) is 3.18. The van der Waals surface area contributed by atoms with Crippen molar-refractivity contribution < 1.29 is 18.3 Å². The van der Waals surface area contributed by atoms with Gasteiger partial charge in [0.1, 0.15) is 41.4 Å². The number of nitriles is 1. The third kappa shape index (κ3) is 3.62. The Bertz CT molecular complexity index is 1710. The van der Waals surface area contributed by atoms with Crippen LogP contribution in [0.4, 0.5) is 19.6 Å². The molecule has 0 unspecified atom stereocenters. The minimum Gasteiger partial charge on any atom is -0.489 e. The predicted octanol–water partition coefficient (Wildman–Crippen LogP) is 5.71. The number of nitrogens with two attached hydrogens (primary N) is 1. The van der Waals surface area contributed by atoms with E-state index in [1.807, 2.05) is 6.07 Å². The first kappa shape index (κ1) is 24.6. The van der Waals surface area contributed by atoms with E-state index in [4.69, 9.17) is 26.8 Å². The molecule has 2 saturated heterocycles. The first-order valence-electron chi connectivity index (χ1n) is 12.8. The molecule has 2 aromatic heterocycles. The molecular formula is C27H23ClF2N6O2S. The highest BCUT2D eigenvalue weighted by molar-refractivity contribution is 7.23. The van der Waals surface area contributed by atoms with E-state index in [1.54, 1.807) is 0 Å². The number of halogens is 3. The van der Waals surface area contributed by atoms with E-state index in [9.17, 15) is 9.65 Å². The average molecular weight is 569 g/mol. The molecule has 0 spiro atoms. The number of anilines is 2. The van der Waals surface area contributed by atoms with Crippen LogP contribution in [0.1, 0.15) is 31.2 Å². The number of nitrogens with zero attached hydrogens (tertiary/aromatic N) is 4. The summed E-state index contributed by atoms with van der Waals surface area (Å²) in [6.07, 6.45) is 4.33. The number of rotatable bonds is 4. The van der Waals surface area contributed by atoms with Gasteiger partial charge < -0.3 is 20.5 Å². The van der Waals surface area contributed by atoms with Gasteiger partial charge in [0, 0.05) is 10.9 Å². The number of ether oxygens (including phenoxy) is 2. The Morgan fingerprint density at radius 1 is 1.23 bits per heavy atom. The fraction of sp³-hybridized carbons (Fsp3) is 0.370. The molecule has 7 rings (SSSR count).